The second-order valence-corrected chi connectivity index (χ2v) is 10.5. The molecule has 0 N–H and O–H groups in total. The predicted molar refractivity (Wildman–Crippen MR) is 153 cm³/mol. The molecule has 1 unspecified atom stereocenters. The highest BCUT2D eigenvalue weighted by Gasteiger charge is 2.45. The SMILES string of the molecule is COCCOC(=O)C1C(C)=NC2=C(C(=O)C[C@H](c3ccc(OC)c(OC)c3)C2)[C@H]1c1cc(OC)c(OC)cc1Br. The molecule has 0 amide bonds. The number of methoxy groups -OCH3 is 5. The molecule has 1 heterocycles. The van der Waals surface area contributed by atoms with Gasteiger partial charge in [0.2, 0.25) is 0 Å². The zero-order valence-corrected chi connectivity index (χ0v) is 25.1. The molecule has 3 atom stereocenters. The topological polar surface area (TPSA) is 102 Å². The lowest BCUT2D eigenvalue weighted by molar-refractivity contribution is -0.147. The summed E-state index contributed by atoms with van der Waals surface area (Å²) >= 11 is 3.65. The number of Topliss-reactive ketones (excluding diaryl/α,β-unsaturated/α-hetero) is 1. The minimum Gasteiger partial charge on any atom is -0.493 e. The maximum absolute atomic E-state index is 14.0. The van der Waals surface area contributed by atoms with E-state index in [9.17, 15) is 9.59 Å². The van der Waals surface area contributed by atoms with Crippen LogP contribution in [0, 0.1) is 5.92 Å². The lowest BCUT2D eigenvalue weighted by Crippen LogP contribution is -2.38. The van der Waals surface area contributed by atoms with Gasteiger partial charge in [0.25, 0.3) is 0 Å². The summed E-state index contributed by atoms with van der Waals surface area (Å²) in [5.74, 6) is 0.154. The standard InChI is InChI=1S/C30H34BrNO8/c1-16-27(30(34)40-10-9-35-2)28(19-14-25(38-5)26(39-6)15-20(19)31)29-21(32-16)11-18(12-22(29)33)17-7-8-23(36-3)24(13-17)37-4/h7-8,13-15,18,27-28H,9-12H2,1-6H3/t18-,27?,28+/m1/s1. The van der Waals surface area contributed by atoms with Crippen molar-refractivity contribution in [2.24, 2.45) is 10.9 Å². The van der Waals surface area contributed by atoms with E-state index in [0.717, 1.165) is 5.56 Å². The molecular formula is C30H34BrNO8. The molecule has 40 heavy (non-hydrogen) atoms. The number of ketones is 1. The maximum atomic E-state index is 14.0. The van der Waals surface area contributed by atoms with Crippen LogP contribution in [-0.2, 0) is 19.1 Å². The van der Waals surface area contributed by atoms with Crippen LogP contribution in [0.1, 0.15) is 42.7 Å². The molecule has 1 aliphatic heterocycles. The molecule has 4 rings (SSSR count). The average molecular weight is 617 g/mol. The number of nitrogens with zero attached hydrogens (tertiary/aromatic N) is 1. The van der Waals surface area contributed by atoms with Crippen molar-refractivity contribution in [1.82, 2.24) is 0 Å². The minimum atomic E-state index is -0.799. The van der Waals surface area contributed by atoms with Gasteiger partial charge in [-0.3, -0.25) is 14.6 Å². The highest BCUT2D eigenvalue weighted by molar-refractivity contribution is 9.10. The molecule has 0 saturated carbocycles. The molecule has 1 aliphatic carbocycles. The number of carbonyl (C=O) groups excluding carboxylic acids is 2. The maximum Gasteiger partial charge on any atom is 0.315 e. The van der Waals surface area contributed by atoms with E-state index in [2.05, 4.69) is 15.9 Å². The van der Waals surface area contributed by atoms with E-state index in [4.69, 9.17) is 33.4 Å². The number of aliphatic imine (C=N–C) groups is 1. The second-order valence-electron chi connectivity index (χ2n) is 9.60. The van der Waals surface area contributed by atoms with Crippen LogP contribution in [0.4, 0.5) is 0 Å². The molecule has 0 radical (unpaired) electrons. The first-order valence-corrected chi connectivity index (χ1v) is 13.7. The normalized spacial score (nSPS) is 20.4. The molecular weight excluding hydrogens is 582 g/mol. The van der Waals surface area contributed by atoms with Gasteiger partial charge >= 0.3 is 5.97 Å². The Kier molecular flexibility index (Phi) is 9.52. The Labute approximate surface area is 242 Å². The van der Waals surface area contributed by atoms with Gasteiger partial charge in [-0.25, -0.2) is 0 Å². The van der Waals surface area contributed by atoms with Gasteiger partial charge in [0.05, 0.1) is 35.0 Å². The van der Waals surface area contributed by atoms with E-state index < -0.39 is 17.8 Å². The van der Waals surface area contributed by atoms with Crippen molar-refractivity contribution in [3.63, 3.8) is 0 Å². The molecule has 0 spiro atoms. The quantitative estimate of drug-likeness (QED) is 0.264. The Balaban J connectivity index is 1.82. The number of ether oxygens (including phenoxy) is 6. The first kappa shape index (κ1) is 29.6. The second kappa shape index (κ2) is 12.9. The number of hydrogen-bond acceptors (Lipinski definition) is 9. The van der Waals surface area contributed by atoms with Crippen molar-refractivity contribution >= 4 is 33.4 Å². The third-order valence-electron chi connectivity index (χ3n) is 7.39. The van der Waals surface area contributed by atoms with Gasteiger partial charge in [-0.15, -0.1) is 0 Å². The van der Waals surface area contributed by atoms with Crippen LogP contribution >= 0.6 is 15.9 Å². The van der Waals surface area contributed by atoms with Crippen LogP contribution in [0.15, 0.2) is 51.1 Å². The highest BCUT2D eigenvalue weighted by Crippen LogP contribution is 2.50. The summed E-state index contributed by atoms with van der Waals surface area (Å²) in [4.78, 5) is 32.3. The number of halogens is 1. The van der Waals surface area contributed by atoms with Crippen molar-refractivity contribution in [2.75, 3.05) is 48.8 Å². The van der Waals surface area contributed by atoms with Crippen molar-refractivity contribution in [2.45, 2.75) is 31.6 Å². The average Bonchev–Trinajstić information content (AvgIpc) is 2.95. The number of hydrogen-bond donors (Lipinski definition) is 0. The summed E-state index contributed by atoms with van der Waals surface area (Å²) in [5, 5.41) is 0. The summed E-state index contributed by atoms with van der Waals surface area (Å²) in [6.45, 7) is 2.16. The Hall–Kier alpha value is -3.37. The summed E-state index contributed by atoms with van der Waals surface area (Å²) < 4.78 is 33.2. The van der Waals surface area contributed by atoms with Gasteiger partial charge in [-0.1, -0.05) is 22.0 Å². The zero-order valence-electron chi connectivity index (χ0n) is 23.5. The van der Waals surface area contributed by atoms with Crippen LogP contribution in [0.3, 0.4) is 0 Å². The van der Waals surface area contributed by atoms with E-state index in [1.165, 1.54) is 7.11 Å². The van der Waals surface area contributed by atoms with Crippen LogP contribution in [-0.4, -0.2) is 66.2 Å². The summed E-state index contributed by atoms with van der Waals surface area (Å²) in [5.41, 5.74) is 3.43. The first-order valence-electron chi connectivity index (χ1n) is 12.9. The van der Waals surface area contributed by atoms with Gasteiger partial charge in [-0.2, -0.15) is 0 Å². The van der Waals surface area contributed by atoms with E-state index in [0.29, 0.717) is 56.4 Å². The van der Waals surface area contributed by atoms with Gasteiger partial charge in [0.1, 0.15) is 12.5 Å². The van der Waals surface area contributed by atoms with Crippen molar-refractivity contribution in [3.8, 4) is 23.0 Å². The van der Waals surface area contributed by atoms with Gasteiger partial charge < -0.3 is 28.4 Å². The number of rotatable bonds is 10. The molecule has 2 aromatic carbocycles. The number of allylic oxidation sites excluding steroid dienone is 2. The largest absolute Gasteiger partial charge is 0.493 e. The third-order valence-corrected chi connectivity index (χ3v) is 8.08. The van der Waals surface area contributed by atoms with Crippen molar-refractivity contribution in [1.29, 1.82) is 0 Å². The Bertz CT molecular complexity index is 1350. The van der Waals surface area contributed by atoms with Gasteiger partial charge in [0.15, 0.2) is 28.8 Å². The molecule has 0 aromatic heterocycles. The van der Waals surface area contributed by atoms with E-state index >= 15 is 0 Å². The summed E-state index contributed by atoms with van der Waals surface area (Å²) in [6.07, 6.45) is 0.788. The Morgan fingerprint density at radius 2 is 1.55 bits per heavy atom. The molecule has 2 aromatic rings. The van der Waals surface area contributed by atoms with Gasteiger partial charge in [0, 0.05) is 40.9 Å². The number of esters is 1. The Morgan fingerprint density at radius 1 is 0.900 bits per heavy atom. The van der Waals surface area contributed by atoms with E-state index in [1.54, 1.807) is 47.5 Å². The fourth-order valence-electron chi connectivity index (χ4n) is 5.47. The molecule has 0 bridgehead atoms. The lowest BCUT2D eigenvalue weighted by Gasteiger charge is -2.37. The molecule has 9 nitrogen and oxygen atoms in total. The summed E-state index contributed by atoms with van der Waals surface area (Å²) in [7, 11) is 7.81. The molecule has 214 valence electrons. The van der Waals surface area contributed by atoms with Crippen LogP contribution in [0.2, 0.25) is 0 Å². The molecule has 0 fully saturated rings. The first-order chi connectivity index (χ1) is 19.3. The van der Waals surface area contributed by atoms with Crippen molar-refractivity contribution in [3.05, 3.63) is 57.2 Å². The molecule has 10 heteroatoms. The number of benzene rings is 2. The van der Waals surface area contributed by atoms with E-state index in [1.807, 2.05) is 18.2 Å². The highest BCUT2D eigenvalue weighted by atomic mass is 79.9. The number of carbonyl (C=O) groups is 2. The van der Waals surface area contributed by atoms with Crippen molar-refractivity contribution < 1.29 is 38.0 Å². The van der Waals surface area contributed by atoms with E-state index in [-0.39, 0.29) is 31.3 Å². The third kappa shape index (κ3) is 5.74. The van der Waals surface area contributed by atoms with Crippen LogP contribution < -0.4 is 18.9 Å². The Morgan fingerprint density at radius 3 is 2.20 bits per heavy atom. The molecule has 2 aliphatic rings. The van der Waals surface area contributed by atoms with Gasteiger partial charge in [-0.05, 0) is 54.7 Å². The van der Waals surface area contributed by atoms with Crippen LogP contribution in [0.5, 0.6) is 23.0 Å². The summed E-state index contributed by atoms with van der Waals surface area (Å²) in [6, 6.07) is 9.28. The van der Waals surface area contributed by atoms with Crippen LogP contribution in [0.25, 0.3) is 0 Å². The smallest absolute Gasteiger partial charge is 0.315 e. The fraction of sp³-hybridized carbons (Fsp3) is 0.433. The zero-order chi connectivity index (χ0) is 29.0. The lowest BCUT2D eigenvalue weighted by atomic mass is 9.69. The minimum absolute atomic E-state index is 0.0707. The fourth-order valence-corrected chi connectivity index (χ4v) is 6.04. The molecule has 0 saturated heterocycles. The monoisotopic (exact) mass is 615 g/mol. The predicted octanol–water partition coefficient (Wildman–Crippen LogP) is 5.25.